The molecule has 3 atom stereocenters. The van der Waals surface area contributed by atoms with E-state index in [1.54, 1.807) is 0 Å². The summed E-state index contributed by atoms with van der Waals surface area (Å²) in [6.07, 6.45) is 3.90. The highest BCUT2D eigenvalue weighted by Crippen LogP contribution is 2.33. The van der Waals surface area contributed by atoms with Gasteiger partial charge < -0.3 is 5.32 Å². The topological polar surface area (TPSA) is 12.0 Å². The summed E-state index contributed by atoms with van der Waals surface area (Å²) in [5, 5.41) is 4.16. The van der Waals surface area contributed by atoms with E-state index in [0.29, 0.717) is 17.6 Å². The Balaban J connectivity index is 2.33. The molecule has 0 heterocycles. The molecule has 0 spiro atoms. The Hall–Kier alpha value is 0.280. The van der Waals surface area contributed by atoms with Crippen LogP contribution < -0.4 is 5.32 Å². The average Bonchev–Trinajstić information content (AvgIpc) is 2.56. The van der Waals surface area contributed by atoms with Crippen LogP contribution >= 0.6 is 23.2 Å². The fourth-order valence-corrected chi connectivity index (χ4v) is 2.53. The van der Waals surface area contributed by atoms with Crippen molar-refractivity contribution in [1.82, 2.24) is 5.32 Å². The zero-order chi connectivity index (χ0) is 10.6. The van der Waals surface area contributed by atoms with Crippen LogP contribution in [-0.2, 0) is 0 Å². The fourth-order valence-electron chi connectivity index (χ4n) is 2.38. The largest absolute Gasteiger partial charge is 0.309 e. The molecular formula is C11H19Cl2N. The summed E-state index contributed by atoms with van der Waals surface area (Å²) in [7, 11) is 0. The predicted octanol–water partition coefficient (Wildman–Crippen LogP) is 3.72. The molecule has 82 valence electrons. The molecule has 1 nitrogen and oxygen atoms in total. The maximum absolute atomic E-state index is 5.83. The van der Waals surface area contributed by atoms with Gasteiger partial charge in [-0.3, -0.25) is 0 Å². The molecule has 1 rings (SSSR count). The maximum Gasteiger partial charge on any atom is 0.0432 e. The first kappa shape index (κ1) is 12.4. The molecule has 0 saturated heterocycles. The summed E-state index contributed by atoms with van der Waals surface area (Å²) < 4.78 is 0. The third-order valence-corrected chi connectivity index (χ3v) is 4.02. The lowest BCUT2D eigenvalue weighted by Gasteiger charge is -2.20. The van der Waals surface area contributed by atoms with Crippen molar-refractivity contribution in [2.75, 3.05) is 6.54 Å². The quantitative estimate of drug-likeness (QED) is 0.784. The van der Waals surface area contributed by atoms with Crippen molar-refractivity contribution in [3.63, 3.8) is 0 Å². The third kappa shape index (κ3) is 3.15. The van der Waals surface area contributed by atoms with E-state index >= 15 is 0 Å². The molecule has 1 aliphatic rings. The molecule has 3 heteroatoms. The van der Waals surface area contributed by atoms with Crippen LogP contribution in [0.1, 0.15) is 33.1 Å². The molecule has 1 aliphatic carbocycles. The van der Waals surface area contributed by atoms with Gasteiger partial charge in [0, 0.05) is 23.2 Å². The summed E-state index contributed by atoms with van der Waals surface area (Å²) in [5.41, 5.74) is 1.44. The van der Waals surface area contributed by atoms with Crippen LogP contribution in [0.4, 0.5) is 0 Å². The minimum absolute atomic E-state index is 0.616. The lowest BCUT2D eigenvalue weighted by atomic mass is 9.93. The van der Waals surface area contributed by atoms with Crippen LogP contribution in [0.3, 0.4) is 0 Å². The van der Waals surface area contributed by atoms with Gasteiger partial charge >= 0.3 is 0 Å². The van der Waals surface area contributed by atoms with E-state index in [4.69, 9.17) is 23.2 Å². The van der Waals surface area contributed by atoms with Crippen molar-refractivity contribution >= 4 is 23.2 Å². The summed E-state index contributed by atoms with van der Waals surface area (Å²) in [6, 6.07) is 0.616. The molecule has 0 radical (unpaired) electrons. The van der Waals surface area contributed by atoms with Crippen LogP contribution in [0, 0.1) is 11.8 Å². The zero-order valence-electron chi connectivity index (χ0n) is 8.89. The molecule has 1 saturated carbocycles. The van der Waals surface area contributed by atoms with Gasteiger partial charge in [0.2, 0.25) is 0 Å². The molecule has 14 heavy (non-hydrogen) atoms. The van der Waals surface area contributed by atoms with Crippen LogP contribution in [0.5, 0.6) is 0 Å². The highest BCUT2D eigenvalue weighted by atomic mass is 35.5. The molecule has 3 unspecified atom stereocenters. The van der Waals surface area contributed by atoms with Gasteiger partial charge in [0.25, 0.3) is 0 Å². The predicted molar refractivity (Wildman–Crippen MR) is 63.8 cm³/mol. The summed E-state index contributed by atoms with van der Waals surface area (Å²) in [5.74, 6) is 1.64. The van der Waals surface area contributed by atoms with Crippen LogP contribution in [0.15, 0.2) is 10.6 Å². The minimum atomic E-state index is 0.616. The van der Waals surface area contributed by atoms with Crippen molar-refractivity contribution in [2.45, 2.75) is 39.2 Å². The second-order valence-electron chi connectivity index (χ2n) is 4.15. The normalized spacial score (nSPS) is 33.7. The second kappa shape index (κ2) is 5.99. The number of hydrogen-bond donors (Lipinski definition) is 1. The Labute approximate surface area is 96.8 Å². The van der Waals surface area contributed by atoms with E-state index in [0.717, 1.165) is 11.8 Å². The Bertz CT molecular complexity index is 203. The van der Waals surface area contributed by atoms with Gasteiger partial charge in [-0.15, -0.1) is 0 Å². The lowest BCUT2D eigenvalue weighted by Crippen LogP contribution is -2.33. The fraction of sp³-hybridized carbons (Fsp3) is 0.818. The van der Waals surface area contributed by atoms with Crippen molar-refractivity contribution in [1.29, 1.82) is 0 Å². The van der Waals surface area contributed by atoms with Gasteiger partial charge in [0.15, 0.2) is 0 Å². The van der Waals surface area contributed by atoms with Gasteiger partial charge in [-0.2, -0.15) is 0 Å². The molecule has 0 aromatic rings. The Morgan fingerprint density at radius 3 is 2.71 bits per heavy atom. The molecule has 0 bridgehead atoms. The lowest BCUT2D eigenvalue weighted by molar-refractivity contribution is 0.352. The van der Waals surface area contributed by atoms with Crippen molar-refractivity contribution in [3.8, 4) is 0 Å². The first-order valence-corrected chi connectivity index (χ1v) is 6.18. The summed E-state index contributed by atoms with van der Waals surface area (Å²) in [6.45, 7) is 5.31. The van der Waals surface area contributed by atoms with Crippen molar-refractivity contribution in [2.24, 2.45) is 11.8 Å². The second-order valence-corrected chi connectivity index (χ2v) is 4.85. The van der Waals surface area contributed by atoms with E-state index < -0.39 is 0 Å². The zero-order valence-corrected chi connectivity index (χ0v) is 10.4. The van der Waals surface area contributed by atoms with Crippen molar-refractivity contribution < 1.29 is 0 Å². The smallest absolute Gasteiger partial charge is 0.0432 e. The number of nitrogens with one attached hydrogen (secondary N) is 1. The molecule has 0 aromatic heterocycles. The van der Waals surface area contributed by atoms with Crippen LogP contribution in [0.25, 0.3) is 0 Å². The van der Waals surface area contributed by atoms with E-state index in [2.05, 4.69) is 19.2 Å². The molecule has 1 fully saturated rings. The molecular weight excluding hydrogens is 217 g/mol. The molecule has 1 N–H and O–H groups in total. The van der Waals surface area contributed by atoms with Gasteiger partial charge in [-0.1, -0.05) is 43.5 Å². The third-order valence-electron chi connectivity index (χ3n) is 3.40. The maximum atomic E-state index is 5.83. The first-order chi connectivity index (χ1) is 6.69. The van der Waals surface area contributed by atoms with Gasteiger partial charge in [-0.05, 0) is 24.7 Å². The van der Waals surface area contributed by atoms with E-state index in [9.17, 15) is 0 Å². The monoisotopic (exact) mass is 235 g/mol. The highest BCUT2D eigenvalue weighted by molar-refractivity contribution is 6.36. The number of halogens is 2. The Kier molecular flexibility index (Phi) is 5.29. The van der Waals surface area contributed by atoms with Crippen molar-refractivity contribution in [3.05, 3.63) is 10.6 Å². The van der Waals surface area contributed by atoms with Gasteiger partial charge in [0.1, 0.15) is 0 Å². The van der Waals surface area contributed by atoms with Crippen LogP contribution in [0.2, 0.25) is 0 Å². The van der Waals surface area contributed by atoms with E-state index in [1.165, 1.54) is 24.8 Å². The van der Waals surface area contributed by atoms with Gasteiger partial charge in [0.05, 0.1) is 0 Å². The van der Waals surface area contributed by atoms with Crippen LogP contribution in [-0.4, -0.2) is 12.6 Å². The van der Waals surface area contributed by atoms with Gasteiger partial charge in [-0.25, -0.2) is 0 Å². The summed E-state index contributed by atoms with van der Waals surface area (Å²) in [4.78, 5) is 0. The SMILES string of the molecule is CCC1CCC(NCC(Cl)=CCl)C1C. The highest BCUT2D eigenvalue weighted by Gasteiger charge is 2.30. The average molecular weight is 236 g/mol. The van der Waals surface area contributed by atoms with E-state index in [1.807, 2.05) is 0 Å². The van der Waals surface area contributed by atoms with E-state index in [-0.39, 0.29) is 0 Å². The number of rotatable bonds is 4. The Morgan fingerprint density at radius 1 is 1.50 bits per heavy atom. The standard InChI is InChI=1S/C11H19Cl2N/c1-3-9-4-5-11(8(9)2)14-7-10(13)6-12/h6,8-9,11,14H,3-5,7H2,1-2H3. The molecule has 0 aliphatic heterocycles. The first-order valence-electron chi connectivity index (χ1n) is 5.37. The molecule has 0 amide bonds. The summed E-state index contributed by atoms with van der Waals surface area (Å²) >= 11 is 11.3. The Morgan fingerprint density at radius 2 is 2.21 bits per heavy atom. The molecule has 0 aromatic carbocycles. The minimum Gasteiger partial charge on any atom is -0.309 e. The number of hydrogen-bond acceptors (Lipinski definition) is 1.